The maximum absolute atomic E-state index is 12.2. The van der Waals surface area contributed by atoms with Crippen LogP contribution in [0.3, 0.4) is 0 Å². The number of nitrogens with zero attached hydrogens (tertiary/aromatic N) is 1. The quantitative estimate of drug-likeness (QED) is 0.837. The van der Waals surface area contributed by atoms with Gasteiger partial charge >= 0.3 is 0 Å². The highest BCUT2D eigenvalue weighted by atomic mass is 16.4. The molecule has 0 bridgehead atoms. The Morgan fingerprint density at radius 1 is 1.38 bits per heavy atom. The molecular formula is C16H17N3O2. The summed E-state index contributed by atoms with van der Waals surface area (Å²) in [4.78, 5) is 16.4. The van der Waals surface area contributed by atoms with Crippen LogP contribution in [0, 0.1) is 25.7 Å². The van der Waals surface area contributed by atoms with Gasteiger partial charge in [0.1, 0.15) is 5.76 Å². The molecule has 2 aromatic rings. The normalized spacial score (nSPS) is 9.86. The number of carbonyl (C=O) groups excluding carboxylic acids is 1. The van der Waals surface area contributed by atoms with E-state index in [0.717, 1.165) is 11.5 Å². The molecule has 0 aliphatic heterocycles. The molecule has 0 fully saturated rings. The molecule has 21 heavy (non-hydrogen) atoms. The number of benzene rings is 1. The summed E-state index contributed by atoms with van der Waals surface area (Å²) in [5.41, 5.74) is 7.35. The molecule has 1 heterocycles. The molecule has 5 nitrogen and oxygen atoms in total. The first kappa shape index (κ1) is 14.8. The summed E-state index contributed by atoms with van der Waals surface area (Å²) in [5, 5.41) is 2.78. The number of hydrogen-bond acceptors (Lipinski definition) is 4. The van der Waals surface area contributed by atoms with Crippen LogP contribution in [0.5, 0.6) is 0 Å². The van der Waals surface area contributed by atoms with E-state index in [1.54, 1.807) is 18.2 Å². The molecule has 5 heteroatoms. The van der Waals surface area contributed by atoms with Crippen LogP contribution in [-0.2, 0) is 6.54 Å². The summed E-state index contributed by atoms with van der Waals surface area (Å²) in [6.07, 6.45) is 0. The second kappa shape index (κ2) is 6.73. The third kappa shape index (κ3) is 3.71. The first-order valence-corrected chi connectivity index (χ1v) is 6.61. The van der Waals surface area contributed by atoms with E-state index >= 15 is 0 Å². The third-order valence-electron chi connectivity index (χ3n) is 2.97. The molecule has 1 aromatic heterocycles. The lowest BCUT2D eigenvalue weighted by atomic mass is 10.1. The molecule has 0 atom stereocenters. The van der Waals surface area contributed by atoms with Gasteiger partial charge < -0.3 is 15.5 Å². The minimum absolute atomic E-state index is 0.217. The van der Waals surface area contributed by atoms with Crippen molar-refractivity contribution in [1.82, 2.24) is 10.3 Å². The van der Waals surface area contributed by atoms with E-state index in [4.69, 9.17) is 10.2 Å². The predicted octanol–water partition coefficient (Wildman–Crippen LogP) is 1.53. The van der Waals surface area contributed by atoms with Gasteiger partial charge in [0.05, 0.1) is 24.3 Å². The summed E-state index contributed by atoms with van der Waals surface area (Å²) in [5.74, 6) is 6.67. The topological polar surface area (TPSA) is 81.2 Å². The number of carbonyl (C=O) groups is 1. The van der Waals surface area contributed by atoms with Gasteiger partial charge in [-0.15, -0.1) is 0 Å². The lowest BCUT2D eigenvalue weighted by Crippen LogP contribution is -2.23. The maximum atomic E-state index is 12.2. The van der Waals surface area contributed by atoms with Gasteiger partial charge in [0.2, 0.25) is 5.89 Å². The largest absolute Gasteiger partial charge is 0.444 e. The molecule has 108 valence electrons. The Morgan fingerprint density at radius 3 is 2.81 bits per heavy atom. The Balaban J connectivity index is 2.10. The Hall–Kier alpha value is -2.58. The van der Waals surface area contributed by atoms with E-state index in [2.05, 4.69) is 22.1 Å². The van der Waals surface area contributed by atoms with E-state index in [1.807, 2.05) is 19.9 Å². The molecule has 3 N–H and O–H groups in total. The third-order valence-corrected chi connectivity index (χ3v) is 2.97. The van der Waals surface area contributed by atoms with Crippen LogP contribution >= 0.6 is 0 Å². The molecule has 1 amide bonds. The van der Waals surface area contributed by atoms with Gasteiger partial charge in [-0.25, -0.2) is 4.98 Å². The summed E-state index contributed by atoms with van der Waals surface area (Å²) in [6, 6.07) is 7.14. The number of nitrogens with two attached hydrogens (primary N) is 1. The van der Waals surface area contributed by atoms with Crippen molar-refractivity contribution in [3.8, 4) is 11.8 Å². The van der Waals surface area contributed by atoms with E-state index in [9.17, 15) is 4.79 Å². The zero-order valence-electron chi connectivity index (χ0n) is 12.1. The van der Waals surface area contributed by atoms with Gasteiger partial charge in [0.15, 0.2) is 0 Å². The van der Waals surface area contributed by atoms with Crippen LogP contribution in [0.2, 0.25) is 0 Å². The minimum atomic E-state index is -0.217. The number of nitrogens with one attached hydrogen (secondary N) is 1. The predicted molar refractivity (Wildman–Crippen MR) is 79.5 cm³/mol. The fourth-order valence-electron chi connectivity index (χ4n) is 1.80. The molecular weight excluding hydrogens is 266 g/mol. The van der Waals surface area contributed by atoms with Crippen LogP contribution in [0.25, 0.3) is 0 Å². The number of aryl methyl sites for hydroxylation is 2. The molecule has 0 saturated heterocycles. The number of rotatable bonds is 3. The van der Waals surface area contributed by atoms with Crippen molar-refractivity contribution in [1.29, 1.82) is 0 Å². The van der Waals surface area contributed by atoms with Crippen molar-refractivity contribution in [3.63, 3.8) is 0 Å². The van der Waals surface area contributed by atoms with Crippen LogP contribution < -0.4 is 11.1 Å². The van der Waals surface area contributed by atoms with Gasteiger partial charge in [-0.2, -0.15) is 0 Å². The first-order valence-electron chi connectivity index (χ1n) is 6.61. The first-order chi connectivity index (χ1) is 10.1. The smallest absolute Gasteiger partial charge is 0.252 e. The Labute approximate surface area is 123 Å². The monoisotopic (exact) mass is 283 g/mol. The summed E-state index contributed by atoms with van der Waals surface area (Å²) in [7, 11) is 0. The standard InChI is InChI=1S/C16H17N3O2/c1-11-12(2)21-15(19-11)10-18-16(20)14-8-4-3-6-13(14)7-5-9-17/h3-4,6,8H,9-10,17H2,1-2H3,(H,18,20). The Morgan fingerprint density at radius 2 is 2.14 bits per heavy atom. The number of aromatic nitrogens is 1. The van der Waals surface area contributed by atoms with Crippen LogP contribution in [0.15, 0.2) is 28.7 Å². The molecule has 0 aliphatic rings. The van der Waals surface area contributed by atoms with Crippen LogP contribution in [0.1, 0.15) is 33.3 Å². The van der Waals surface area contributed by atoms with Crippen molar-refractivity contribution in [3.05, 3.63) is 52.7 Å². The lowest BCUT2D eigenvalue weighted by molar-refractivity contribution is 0.0947. The second-order valence-corrected chi connectivity index (χ2v) is 4.48. The fourth-order valence-corrected chi connectivity index (χ4v) is 1.80. The van der Waals surface area contributed by atoms with Gasteiger partial charge in [-0.3, -0.25) is 4.79 Å². The van der Waals surface area contributed by atoms with E-state index in [1.165, 1.54) is 0 Å². The fraction of sp³-hybridized carbons (Fsp3) is 0.250. The van der Waals surface area contributed by atoms with Gasteiger partial charge in [0, 0.05) is 5.56 Å². The average Bonchev–Trinajstić information content (AvgIpc) is 2.81. The van der Waals surface area contributed by atoms with Crippen LogP contribution in [0.4, 0.5) is 0 Å². The van der Waals surface area contributed by atoms with Crippen molar-refractivity contribution in [2.45, 2.75) is 20.4 Å². The Kier molecular flexibility index (Phi) is 4.75. The summed E-state index contributed by atoms with van der Waals surface area (Å²) in [6.45, 7) is 4.20. The lowest BCUT2D eigenvalue weighted by Gasteiger charge is -2.05. The van der Waals surface area contributed by atoms with Gasteiger partial charge in [-0.1, -0.05) is 24.0 Å². The van der Waals surface area contributed by atoms with Gasteiger partial charge in [0.25, 0.3) is 5.91 Å². The number of hydrogen-bond donors (Lipinski definition) is 2. The Bertz CT molecular complexity index is 688. The highest BCUT2D eigenvalue weighted by molar-refractivity contribution is 5.96. The zero-order chi connectivity index (χ0) is 15.2. The van der Waals surface area contributed by atoms with Crippen molar-refractivity contribution in [2.75, 3.05) is 6.54 Å². The highest BCUT2D eigenvalue weighted by Crippen LogP contribution is 2.10. The van der Waals surface area contributed by atoms with Gasteiger partial charge in [-0.05, 0) is 26.0 Å². The molecule has 2 rings (SSSR count). The van der Waals surface area contributed by atoms with Crippen LogP contribution in [-0.4, -0.2) is 17.4 Å². The van der Waals surface area contributed by atoms with E-state index in [-0.39, 0.29) is 19.0 Å². The average molecular weight is 283 g/mol. The molecule has 0 spiro atoms. The minimum Gasteiger partial charge on any atom is -0.444 e. The van der Waals surface area contributed by atoms with E-state index in [0.29, 0.717) is 17.0 Å². The molecule has 0 saturated carbocycles. The molecule has 0 aliphatic carbocycles. The van der Waals surface area contributed by atoms with Crippen molar-refractivity contribution < 1.29 is 9.21 Å². The van der Waals surface area contributed by atoms with Crippen molar-refractivity contribution in [2.24, 2.45) is 5.73 Å². The molecule has 0 radical (unpaired) electrons. The number of oxazole rings is 1. The highest BCUT2D eigenvalue weighted by Gasteiger charge is 2.11. The molecule has 0 unspecified atom stereocenters. The van der Waals surface area contributed by atoms with E-state index < -0.39 is 0 Å². The molecule has 1 aromatic carbocycles. The van der Waals surface area contributed by atoms with Crippen molar-refractivity contribution >= 4 is 5.91 Å². The maximum Gasteiger partial charge on any atom is 0.252 e. The summed E-state index contributed by atoms with van der Waals surface area (Å²) < 4.78 is 5.43. The summed E-state index contributed by atoms with van der Waals surface area (Å²) >= 11 is 0. The number of amides is 1. The zero-order valence-corrected chi connectivity index (χ0v) is 12.1. The SMILES string of the molecule is Cc1nc(CNC(=O)c2ccccc2C#CCN)oc1C. The second-order valence-electron chi connectivity index (χ2n) is 4.48.